The van der Waals surface area contributed by atoms with Crippen LogP contribution in [0.1, 0.15) is 22.3 Å². The van der Waals surface area contributed by atoms with E-state index in [1.54, 1.807) is 0 Å². The molecular formula is C43H26N2. The molecule has 0 N–H and O–H groups in total. The van der Waals surface area contributed by atoms with Crippen LogP contribution in [-0.2, 0) is 5.41 Å². The second-order valence-electron chi connectivity index (χ2n) is 12.1. The molecule has 10 rings (SSSR count). The Morgan fingerprint density at radius 2 is 1.02 bits per heavy atom. The summed E-state index contributed by atoms with van der Waals surface area (Å²) in [6.45, 7) is 0. The smallest absolute Gasteiger partial charge is 0.0893 e. The van der Waals surface area contributed by atoms with Gasteiger partial charge in [0.1, 0.15) is 0 Å². The van der Waals surface area contributed by atoms with Crippen LogP contribution in [0.25, 0.3) is 66.4 Å². The number of pyridine rings is 2. The second-order valence-corrected chi connectivity index (χ2v) is 12.1. The topological polar surface area (TPSA) is 25.8 Å². The monoisotopic (exact) mass is 570 g/mol. The minimum absolute atomic E-state index is 0.420. The molecule has 2 nitrogen and oxygen atoms in total. The van der Waals surface area contributed by atoms with E-state index in [9.17, 15) is 0 Å². The van der Waals surface area contributed by atoms with Crippen LogP contribution in [0, 0.1) is 0 Å². The summed E-state index contributed by atoms with van der Waals surface area (Å²) in [7, 11) is 0. The number of aromatic nitrogens is 2. The number of rotatable bonds is 2. The molecule has 0 fully saturated rings. The fraction of sp³-hybridized carbons (Fsp3) is 0.0233. The van der Waals surface area contributed by atoms with Gasteiger partial charge in [-0.1, -0.05) is 121 Å². The summed E-state index contributed by atoms with van der Waals surface area (Å²) in [6.07, 6.45) is 1.82. The SMILES string of the molecule is c1ccc(-c2cccc(-c3ccc4c5c(ccc4c3)-c3ccc4ccccc4c3C53c4ccccc4-c4ccccc43)n2)nc1. The molecule has 0 saturated carbocycles. The number of hydrogen-bond donors (Lipinski definition) is 0. The van der Waals surface area contributed by atoms with Crippen LogP contribution >= 0.6 is 0 Å². The van der Waals surface area contributed by atoms with Crippen molar-refractivity contribution in [2.75, 3.05) is 0 Å². The van der Waals surface area contributed by atoms with Gasteiger partial charge < -0.3 is 0 Å². The molecule has 2 aliphatic rings. The summed E-state index contributed by atoms with van der Waals surface area (Å²) in [6, 6.07) is 55.3. The first-order valence-corrected chi connectivity index (χ1v) is 15.5. The Bertz CT molecular complexity index is 2450. The van der Waals surface area contributed by atoms with Crippen LogP contribution in [0.2, 0.25) is 0 Å². The summed E-state index contributed by atoms with van der Waals surface area (Å²) in [4.78, 5) is 9.56. The maximum atomic E-state index is 5.03. The minimum atomic E-state index is -0.420. The van der Waals surface area contributed by atoms with Gasteiger partial charge in [0, 0.05) is 11.8 Å². The Hall–Kier alpha value is -5.86. The van der Waals surface area contributed by atoms with Gasteiger partial charge in [-0.2, -0.15) is 0 Å². The quantitative estimate of drug-likeness (QED) is 0.207. The highest BCUT2D eigenvalue weighted by molar-refractivity contribution is 6.09. The molecule has 0 saturated heterocycles. The van der Waals surface area contributed by atoms with Crippen LogP contribution in [0.3, 0.4) is 0 Å². The fourth-order valence-electron chi connectivity index (χ4n) is 8.17. The van der Waals surface area contributed by atoms with Gasteiger partial charge in [0.25, 0.3) is 0 Å². The molecule has 6 aromatic carbocycles. The van der Waals surface area contributed by atoms with Crippen LogP contribution in [-0.4, -0.2) is 9.97 Å². The van der Waals surface area contributed by atoms with Gasteiger partial charge in [0.15, 0.2) is 0 Å². The Kier molecular flexibility index (Phi) is 4.95. The summed E-state index contributed by atoms with van der Waals surface area (Å²) in [5.41, 5.74) is 14.2. The molecule has 0 radical (unpaired) electrons. The van der Waals surface area contributed by atoms with Gasteiger partial charge >= 0.3 is 0 Å². The van der Waals surface area contributed by atoms with Gasteiger partial charge in [-0.05, 0) is 96.4 Å². The van der Waals surface area contributed by atoms with E-state index >= 15 is 0 Å². The van der Waals surface area contributed by atoms with E-state index in [0.29, 0.717) is 0 Å². The summed E-state index contributed by atoms with van der Waals surface area (Å²) in [5, 5.41) is 5.09. The predicted molar refractivity (Wildman–Crippen MR) is 184 cm³/mol. The minimum Gasteiger partial charge on any atom is -0.255 e. The lowest BCUT2D eigenvalue weighted by Gasteiger charge is -2.32. The summed E-state index contributed by atoms with van der Waals surface area (Å²) in [5.74, 6) is 0. The lowest BCUT2D eigenvalue weighted by molar-refractivity contribution is 0.809. The van der Waals surface area contributed by atoms with Gasteiger partial charge in [-0.3, -0.25) is 4.98 Å². The van der Waals surface area contributed by atoms with Crippen LogP contribution < -0.4 is 0 Å². The van der Waals surface area contributed by atoms with Gasteiger partial charge in [-0.15, -0.1) is 0 Å². The van der Waals surface area contributed by atoms with Crippen molar-refractivity contribution in [1.82, 2.24) is 9.97 Å². The first-order valence-electron chi connectivity index (χ1n) is 15.5. The fourth-order valence-corrected chi connectivity index (χ4v) is 8.17. The summed E-state index contributed by atoms with van der Waals surface area (Å²) >= 11 is 0. The molecule has 0 aliphatic heterocycles. The number of fused-ring (bicyclic) bond motifs is 14. The standard InChI is InChI=1S/C43H26N2/c1-2-11-30-27(10-1)19-23-34-35-24-20-28-26-29(38-17-9-18-40(45-38)39-16-7-8-25-44-39)21-22-31(28)42(35)43(41(30)34)36-14-5-3-12-32(36)33-13-4-6-15-37(33)43/h1-26H. The van der Waals surface area contributed by atoms with Crippen molar-refractivity contribution >= 4 is 21.5 Å². The highest BCUT2D eigenvalue weighted by Gasteiger charge is 2.53. The Morgan fingerprint density at radius 3 is 1.78 bits per heavy atom. The first-order chi connectivity index (χ1) is 22.3. The molecule has 0 unspecified atom stereocenters. The number of benzene rings is 6. The maximum absolute atomic E-state index is 5.03. The molecule has 0 atom stereocenters. The largest absolute Gasteiger partial charge is 0.255 e. The average Bonchev–Trinajstić information content (AvgIpc) is 3.59. The molecular weight excluding hydrogens is 544 g/mol. The van der Waals surface area contributed by atoms with Crippen molar-refractivity contribution in [3.05, 3.63) is 180 Å². The maximum Gasteiger partial charge on any atom is 0.0893 e. The van der Waals surface area contributed by atoms with E-state index < -0.39 is 5.41 Å². The highest BCUT2D eigenvalue weighted by atomic mass is 14.8. The Labute approximate surface area is 261 Å². The number of hydrogen-bond acceptors (Lipinski definition) is 2. The van der Waals surface area contributed by atoms with Crippen LogP contribution in [0.15, 0.2) is 158 Å². The molecule has 45 heavy (non-hydrogen) atoms. The van der Waals surface area contributed by atoms with Gasteiger partial charge in [0.2, 0.25) is 0 Å². The van der Waals surface area contributed by atoms with E-state index in [0.717, 1.165) is 22.6 Å². The normalized spacial score (nSPS) is 13.5. The third kappa shape index (κ3) is 3.23. The number of nitrogens with zero attached hydrogens (tertiary/aromatic N) is 2. The molecule has 1 spiro atoms. The van der Waals surface area contributed by atoms with Crippen molar-refractivity contribution in [2.45, 2.75) is 5.41 Å². The van der Waals surface area contributed by atoms with Crippen LogP contribution in [0.5, 0.6) is 0 Å². The van der Waals surface area contributed by atoms with Crippen molar-refractivity contribution in [2.24, 2.45) is 0 Å². The molecule has 2 aliphatic carbocycles. The Morgan fingerprint density at radius 1 is 0.400 bits per heavy atom. The van der Waals surface area contributed by atoms with Crippen molar-refractivity contribution in [3.8, 4) is 44.9 Å². The lowest BCUT2D eigenvalue weighted by Crippen LogP contribution is -2.26. The molecule has 8 aromatic rings. The van der Waals surface area contributed by atoms with Gasteiger partial charge in [0.05, 0.1) is 22.5 Å². The van der Waals surface area contributed by atoms with E-state index in [-0.39, 0.29) is 0 Å². The first kappa shape index (κ1) is 24.6. The molecule has 2 heteroatoms. The predicted octanol–water partition coefficient (Wildman–Crippen LogP) is 10.5. The lowest BCUT2D eigenvalue weighted by atomic mass is 9.68. The molecule has 2 heterocycles. The zero-order valence-corrected chi connectivity index (χ0v) is 24.4. The molecule has 208 valence electrons. The van der Waals surface area contributed by atoms with E-state index in [2.05, 4.69) is 132 Å². The van der Waals surface area contributed by atoms with Crippen molar-refractivity contribution < 1.29 is 0 Å². The molecule has 2 aromatic heterocycles. The molecule has 0 amide bonds. The van der Waals surface area contributed by atoms with Crippen molar-refractivity contribution in [1.29, 1.82) is 0 Å². The van der Waals surface area contributed by atoms with Crippen LogP contribution in [0.4, 0.5) is 0 Å². The van der Waals surface area contributed by atoms with Gasteiger partial charge in [-0.25, -0.2) is 4.98 Å². The van der Waals surface area contributed by atoms with E-state index in [1.807, 2.05) is 30.5 Å². The third-order valence-corrected chi connectivity index (χ3v) is 9.91. The summed E-state index contributed by atoms with van der Waals surface area (Å²) < 4.78 is 0. The van der Waals surface area contributed by atoms with Crippen molar-refractivity contribution in [3.63, 3.8) is 0 Å². The third-order valence-electron chi connectivity index (χ3n) is 9.91. The second kappa shape index (κ2) is 9.07. The highest BCUT2D eigenvalue weighted by Crippen LogP contribution is 2.65. The van der Waals surface area contributed by atoms with E-state index in [4.69, 9.17) is 4.98 Å². The zero-order chi connectivity index (χ0) is 29.5. The Balaban J connectivity index is 1.28. The zero-order valence-electron chi connectivity index (χ0n) is 24.4. The van der Waals surface area contributed by atoms with E-state index in [1.165, 1.54) is 66.1 Å². The average molecular weight is 571 g/mol. The molecule has 0 bridgehead atoms.